The van der Waals surface area contributed by atoms with Crippen molar-refractivity contribution >= 4 is 11.9 Å². The van der Waals surface area contributed by atoms with Gasteiger partial charge in [0, 0.05) is 24.4 Å². The van der Waals surface area contributed by atoms with Gasteiger partial charge in [0.1, 0.15) is 12.4 Å². The Labute approximate surface area is 185 Å². The van der Waals surface area contributed by atoms with Gasteiger partial charge in [-0.05, 0) is 62.5 Å². The Morgan fingerprint density at radius 1 is 0.839 bits per heavy atom. The summed E-state index contributed by atoms with van der Waals surface area (Å²) in [7, 11) is 0. The minimum atomic E-state index is -0.215. The number of ether oxygens (including phenoxy) is 1. The number of unbranched alkanes of at least 4 members (excludes halogenated alkanes) is 1. The van der Waals surface area contributed by atoms with Crippen LogP contribution in [0, 0.1) is 5.92 Å². The van der Waals surface area contributed by atoms with E-state index in [-0.39, 0.29) is 24.1 Å². The molecule has 2 bridgehead atoms. The molecule has 2 saturated heterocycles. The molecule has 164 valence electrons. The van der Waals surface area contributed by atoms with Crippen molar-refractivity contribution in [1.29, 1.82) is 0 Å². The molecule has 0 radical (unpaired) electrons. The fourth-order valence-electron chi connectivity index (χ4n) is 5.21. The zero-order valence-corrected chi connectivity index (χ0v) is 18.2. The number of aryl methyl sites for hydroxylation is 1. The highest BCUT2D eigenvalue weighted by molar-refractivity contribution is 5.81. The van der Waals surface area contributed by atoms with Crippen molar-refractivity contribution in [2.24, 2.45) is 5.92 Å². The summed E-state index contributed by atoms with van der Waals surface area (Å²) in [4.78, 5) is 27.7. The van der Waals surface area contributed by atoms with Crippen LogP contribution in [0.3, 0.4) is 0 Å². The van der Waals surface area contributed by atoms with Crippen molar-refractivity contribution in [2.45, 2.75) is 76.5 Å². The largest absolute Gasteiger partial charge is 0.445 e. The maximum Gasteiger partial charge on any atom is 0.410 e. The van der Waals surface area contributed by atoms with Gasteiger partial charge in [-0.1, -0.05) is 60.7 Å². The average Bonchev–Trinajstić information content (AvgIpc) is 2.80. The normalized spacial score (nSPS) is 22.7. The smallest absolute Gasteiger partial charge is 0.410 e. The number of carbonyl (C=O) groups excluding carboxylic acids is 2. The van der Waals surface area contributed by atoms with Gasteiger partial charge in [-0.25, -0.2) is 4.79 Å². The van der Waals surface area contributed by atoms with Crippen LogP contribution in [0.15, 0.2) is 60.7 Å². The Bertz CT molecular complexity index is 837. The number of nitrogens with zero attached hydrogens (tertiary/aromatic N) is 1. The Balaban J connectivity index is 1.25. The number of hydrogen-bond donors (Lipinski definition) is 0. The molecule has 0 N–H and O–H groups in total. The first-order valence-corrected chi connectivity index (χ1v) is 11.8. The lowest BCUT2D eigenvalue weighted by atomic mass is 9.76. The van der Waals surface area contributed by atoms with Crippen LogP contribution in [-0.4, -0.2) is 28.9 Å². The first-order valence-electron chi connectivity index (χ1n) is 11.8. The third kappa shape index (κ3) is 5.75. The summed E-state index contributed by atoms with van der Waals surface area (Å²) >= 11 is 0. The van der Waals surface area contributed by atoms with Crippen LogP contribution in [0.5, 0.6) is 0 Å². The predicted octanol–water partition coefficient (Wildman–Crippen LogP) is 5.94. The number of carbonyl (C=O) groups is 2. The van der Waals surface area contributed by atoms with E-state index < -0.39 is 0 Å². The van der Waals surface area contributed by atoms with Gasteiger partial charge in [0.2, 0.25) is 0 Å². The quantitative estimate of drug-likeness (QED) is 0.498. The molecule has 0 aliphatic carbocycles. The minimum absolute atomic E-state index is 0.102. The molecule has 2 aliphatic rings. The van der Waals surface area contributed by atoms with Gasteiger partial charge in [-0.2, -0.15) is 0 Å². The molecule has 4 rings (SSSR count). The molecular weight excluding hydrogens is 386 g/mol. The van der Waals surface area contributed by atoms with Crippen LogP contribution in [0.2, 0.25) is 0 Å². The van der Waals surface area contributed by atoms with Crippen molar-refractivity contribution in [3.8, 4) is 0 Å². The summed E-state index contributed by atoms with van der Waals surface area (Å²) in [5.41, 5.74) is 2.34. The fraction of sp³-hybridized carbons (Fsp3) is 0.481. The Kier molecular flexibility index (Phi) is 7.39. The second-order valence-electron chi connectivity index (χ2n) is 9.01. The summed E-state index contributed by atoms with van der Waals surface area (Å²) < 4.78 is 5.62. The Morgan fingerprint density at radius 3 is 2.10 bits per heavy atom. The van der Waals surface area contributed by atoms with E-state index >= 15 is 0 Å². The molecule has 0 spiro atoms. The van der Waals surface area contributed by atoms with E-state index in [4.69, 9.17) is 4.74 Å². The van der Waals surface area contributed by atoms with Gasteiger partial charge < -0.3 is 9.64 Å². The molecular formula is C27H33NO3. The molecule has 2 aliphatic heterocycles. The van der Waals surface area contributed by atoms with Gasteiger partial charge in [0.25, 0.3) is 0 Å². The van der Waals surface area contributed by atoms with Crippen LogP contribution in [-0.2, 0) is 22.6 Å². The summed E-state index contributed by atoms with van der Waals surface area (Å²) in [5.74, 6) is 0.493. The monoisotopic (exact) mass is 419 g/mol. The molecule has 31 heavy (non-hydrogen) atoms. The van der Waals surface area contributed by atoms with E-state index in [0.717, 1.165) is 56.9 Å². The van der Waals surface area contributed by atoms with E-state index in [9.17, 15) is 9.59 Å². The lowest BCUT2D eigenvalue weighted by Crippen LogP contribution is -2.55. The number of rotatable bonds is 8. The zero-order chi connectivity index (χ0) is 21.5. The molecule has 2 aromatic carbocycles. The summed E-state index contributed by atoms with van der Waals surface area (Å²) in [6, 6.07) is 20.6. The highest BCUT2D eigenvalue weighted by atomic mass is 16.6. The predicted molar refractivity (Wildman–Crippen MR) is 122 cm³/mol. The zero-order valence-electron chi connectivity index (χ0n) is 18.2. The highest BCUT2D eigenvalue weighted by Crippen LogP contribution is 2.38. The first kappa shape index (κ1) is 21.6. The van der Waals surface area contributed by atoms with Gasteiger partial charge in [-0.15, -0.1) is 0 Å². The number of piperidine rings is 2. The van der Waals surface area contributed by atoms with Crippen molar-refractivity contribution in [2.75, 3.05) is 0 Å². The molecule has 2 fully saturated rings. The molecule has 4 nitrogen and oxygen atoms in total. The number of ketones is 1. The Hall–Kier alpha value is -2.62. The summed E-state index contributed by atoms with van der Waals surface area (Å²) in [6.07, 6.45) is 8.17. The van der Waals surface area contributed by atoms with Gasteiger partial charge >= 0.3 is 6.09 Å². The van der Waals surface area contributed by atoms with E-state index in [0.29, 0.717) is 18.8 Å². The maximum atomic E-state index is 12.9. The van der Waals surface area contributed by atoms with Gasteiger partial charge in [-0.3, -0.25) is 4.79 Å². The minimum Gasteiger partial charge on any atom is -0.445 e. The third-order valence-corrected chi connectivity index (χ3v) is 6.83. The van der Waals surface area contributed by atoms with E-state index in [2.05, 4.69) is 24.3 Å². The molecule has 1 amide bonds. The number of Topliss-reactive ketones (excluding diaryl/α,β-unsaturated/α-hetero) is 1. The van der Waals surface area contributed by atoms with E-state index in [1.807, 2.05) is 41.3 Å². The fourth-order valence-corrected chi connectivity index (χ4v) is 5.21. The van der Waals surface area contributed by atoms with Crippen LogP contribution < -0.4 is 0 Å². The summed E-state index contributed by atoms with van der Waals surface area (Å²) in [5, 5.41) is 0. The molecule has 0 aromatic heterocycles. The molecule has 4 heteroatoms. The first-order chi connectivity index (χ1) is 15.2. The second kappa shape index (κ2) is 10.6. The van der Waals surface area contributed by atoms with E-state index in [1.165, 1.54) is 5.56 Å². The maximum absolute atomic E-state index is 12.9. The van der Waals surface area contributed by atoms with Crippen LogP contribution >= 0.6 is 0 Å². The standard InChI is InChI=1S/C27H33NO3/c29-26(17-8-7-12-21-10-3-1-4-11-21)23-18-24-15-9-16-25(19-23)28(24)27(30)31-20-22-13-5-2-6-14-22/h1-6,10-11,13-14,23-25H,7-9,12,15-20H2. The molecule has 2 heterocycles. The third-order valence-electron chi connectivity index (χ3n) is 6.83. The molecule has 2 aromatic rings. The molecule has 0 saturated carbocycles. The van der Waals surface area contributed by atoms with Crippen LogP contribution in [0.4, 0.5) is 4.79 Å². The van der Waals surface area contributed by atoms with Crippen LogP contribution in [0.1, 0.15) is 62.5 Å². The number of fused-ring (bicyclic) bond motifs is 2. The molecule has 2 atom stereocenters. The second-order valence-corrected chi connectivity index (χ2v) is 9.01. The van der Waals surface area contributed by atoms with Crippen molar-refractivity contribution in [3.63, 3.8) is 0 Å². The van der Waals surface area contributed by atoms with Crippen molar-refractivity contribution in [3.05, 3.63) is 71.8 Å². The van der Waals surface area contributed by atoms with Gasteiger partial charge in [0.05, 0.1) is 0 Å². The average molecular weight is 420 g/mol. The summed E-state index contributed by atoms with van der Waals surface area (Å²) in [6.45, 7) is 0.305. The Morgan fingerprint density at radius 2 is 1.45 bits per heavy atom. The van der Waals surface area contributed by atoms with E-state index in [1.54, 1.807) is 0 Å². The number of amides is 1. The topological polar surface area (TPSA) is 46.6 Å². The lowest BCUT2D eigenvalue weighted by Gasteiger charge is -2.47. The lowest BCUT2D eigenvalue weighted by molar-refractivity contribution is -0.126. The number of benzene rings is 2. The van der Waals surface area contributed by atoms with Crippen LogP contribution in [0.25, 0.3) is 0 Å². The van der Waals surface area contributed by atoms with Crippen molar-refractivity contribution in [1.82, 2.24) is 4.90 Å². The number of hydrogen-bond acceptors (Lipinski definition) is 3. The van der Waals surface area contributed by atoms with Gasteiger partial charge in [0.15, 0.2) is 0 Å². The SMILES string of the molecule is O=C(CCCCc1ccccc1)C1CC2CCCC(C1)N2C(=O)OCc1ccccc1. The highest BCUT2D eigenvalue weighted by Gasteiger charge is 2.43. The van der Waals surface area contributed by atoms with Crippen molar-refractivity contribution < 1.29 is 14.3 Å². The molecule has 2 unspecified atom stereocenters.